The lowest BCUT2D eigenvalue weighted by atomic mass is 10.0. The Labute approximate surface area is 320 Å². The van der Waals surface area contributed by atoms with Crippen molar-refractivity contribution in [3.63, 3.8) is 0 Å². The van der Waals surface area contributed by atoms with E-state index >= 15 is 0 Å². The van der Waals surface area contributed by atoms with Gasteiger partial charge in [0, 0.05) is 42.4 Å². The van der Waals surface area contributed by atoms with E-state index in [2.05, 4.69) is 191 Å². The van der Waals surface area contributed by atoms with Gasteiger partial charge < -0.3 is 9.13 Å². The van der Waals surface area contributed by atoms with Crippen molar-refractivity contribution in [1.82, 2.24) is 9.13 Å². The first kappa shape index (κ1) is 29.5. The summed E-state index contributed by atoms with van der Waals surface area (Å²) in [6, 6.07) is 67.6. The predicted octanol–water partition coefficient (Wildman–Crippen LogP) is 14.7. The Kier molecular flexibility index (Phi) is 5.80. The Hall–Kier alpha value is -6.94. The summed E-state index contributed by atoms with van der Waals surface area (Å²) in [6.45, 7) is 0. The van der Waals surface area contributed by atoms with E-state index in [-0.39, 0.29) is 0 Å². The fourth-order valence-corrected chi connectivity index (χ4v) is 10.9. The fourth-order valence-electron chi connectivity index (χ4n) is 9.72. The minimum atomic E-state index is 1.21. The SMILES string of the molecule is c1ccc2c(c1)-c1cccc3c(-n4c5ccccc5c5ccc(-c6ccc7c(c6)c6ccccc6n7-c6cccc7c6sc6ccccc67)cc54)ccc-2c13. The number of benzene rings is 9. The zero-order chi connectivity index (χ0) is 35.8. The molecule has 12 aromatic rings. The lowest BCUT2D eigenvalue weighted by Gasteiger charge is -2.14. The number of hydrogen-bond donors (Lipinski definition) is 0. The first-order chi connectivity index (χ1) is 27.3. The molecule has 0 radical (unpaired) electrons. The molecule has 13 rings (SSSR count). The highest BCUT2D eigenvalue weighted by Gasteiger charge is 2.24. The molecule has 0 saturated heterocycles. The number of hydrogen-bond acceptors (Lipinski definition) is 1. The van der Waals surface area contributed by atoms with Gasteiger partial charge in [0.15, 0.2) is 0 Å². The van der Waals surface area contributed by atoms with E-state index in [9.17, 15) is 0 Å². The maximum atomic E-state index is 2.50. The summed E-state index contributed by atoms with van der Waals surface area (Å²) in [4.78, 5) is 0. The predicted molar refractivity (Wildman–Crippen MR) is 235 cm³/mol. The molecule has 2 nitrogen and oxygen atoms in total. The lowest BCUT2D eigenvalue weighted by Crippen LogP contribution is -1.96. The van der Waals surface area contributed by atoms with Crippen LogP contribution in [0, 0.1) is 0 Å². The van der Waals surface area contributed by atoms with Gasteiger partial charge >= 0.3 is 0 Å². The largest absolute Gasteiger partial charge is 0.309 e. The second-order valence-corrected chi connectivity index (χ2v) is 15.9. The van der Waals surface area contributed by atoms with Crippen molar-refractivity contribution < 1.29 is 0 Å². The van der Waals surface area contributed by atoms with Gasteiger partial charge in [-0.15, -0.1) is 11.3 Å². The Bertz CT molecular complexity index is 3580. The molecule has 1 aliphatic carbocycles. The van der Waals surface area contributed by atoms with Crippen LogP contribution in [0.1, 0.15) is 0 Å². The first-order valence-corrected chi connectivity index (χ1v) is 19.8. The van der Waals surface area contributed by atoms with Crippen LogP contribution < -0.4 is 0 Å². The van der Waals surface area contributed by atoms with Crippen molar-refractivity contribution in [2.45, 2.75) is 0 Å². The normalized spacial score (nSPS) is 12.4. The highest BCUT2D eigenvalue weighted by molar-refractivity contribution is 7.26. The number of rotatable bonds is 3. The molecule has 3 heterocycles. The van der Waals surface area contributed by atoms with Crippen LogP contribution >= 0.6 is 11.3 Å². The van der Waals surface area contributed by atoms with Crippen molar-refractivity contribution >= 4 is 85.9 Å². The third-order valence-electron chi connectivity index (χ3n) is 12.1. The molecule has 0 spiro atoms. The minimum Gasteiger partial charge on any atom is -0.309 e. The molecule has 0 aliphatic heterocycles. The third kappa shape index (κ3) is 3.92. The third-order valence-corrected chi connectivity index (χ3v) is 13.3. The number of para-hydroxylation sites is 2. The Balaban J connectivity index is 1.04. The summed E-state index contributed by atoms with van der Waals surface area (Å²) >= 11 is 1.89. The number of thiophene rings is 1. The number of fused-ring (bicyclic) bond motifs is 12. The quantitative estimate of drug-likeness (QED) is 0.172. The van der Waals surface area contributed by atoms with Gasteiger partial charge in [0.2, 0.25) is 0 Å². The molecule has 0 unspecified atom stereocenters. The Morgan fingerprint density at radius 1 is 0.309 bits per heavy atom. The zero-order valence-electron chi connectivity index (χ0n) is 29.6. The van der Waals surface area contributed by atoms with Gasteiger partial charge in [0.1, 0.15) is 0 Å². The average molecular weight is 715 g/mol. The van der Waals surface area contributed by atoms with E-state index in [0.29, 0.717) is 0 Å². The smallest absolute Gasteiger partial charge is 0.0640 e. The van der Waals surface area contributed by atoms with Crippen LogP contribution in [-0.4, -0.2) is 9.13 Å². The lowest BCUT2D eigenvalue weighted by molar-refractivity contribution is 1.20. The standard InChI is InChI=1S/C52H30N2S/c1-2-12-34-33(11-1)39-16-9-18-42-46(28-26-40(34)51(39)42)54-44-19-6-3-13-35(44)37-25-23-32(30-49(37)54)31-24-27-47-43(29-31)36-14-4-7-20-45(36)53(47)48-21-10-17-41-38-15-5-8-22-50(38)55-52(41)48/h1-30H. The first-order valence-electron chi connectivity index (χ1n) is 18.9. The summed E-state index contributed by atoms with van der Waals surface area (Å²) in [5, 5.41) is 10.3. The molecule has 0 amide bonds. The van der Waals surface area contributed by atoms with Gasteiger partial charge in [0.05, 0.1) is 38.1 Å². The van der Waals surface area contributed by atoms with Crippen molar-refractivity contribution in [2.24, 2.45) is 0 Å². The van der Waals surface area contributed by atoms with Gasteiger partial charge in [-0.25, -0.2) is 0 Å². The molecule has 0 fully saturated rings. The zero-order valence-corrected chi connectivity index (χ0v) is 30.4. The van der Waals surface area contributed by atoms with Crippen LogP contribution in [-0.2, 0) is 0 Å². The summed E-state index contributed by atoms with van der Waals surface area (Å²) < 4.78 is 7.61. The molecule has 0 N–H and O–H groups in total. The van der Waals surface area contributed by atoms with E-state index < -0.39 is 0 Å². The number of aromatic nitrogens is 2. The average Bonchev–Trinajstić information content (AvgIpc) is 3.98. The highest BCUT2D eigenvalue weighted by atomic mass is 32.1. The topological polar surface area (TPSA) is 9.86 Å². The monoisotopic (exact) mass is 714 g/mol. The summed E-state index contributed by atoms with van der Waals surface area (Å²) in [6.07, 6.45) is 0. The van der Waals surface area contributed by atoms with Crippen molar-refractivity contribution in [1.29, 1.82) is 0 Å². The molecule has 9 aromatic carbocycles. The van der Waals surface area contributed by atoms with Crippen molar-refractivity contribution in [2.75, 3.05) is 0 Å². The maximum Gasteiger partial charge on any atom is 0.0640 e. The Morgan fingerprint density at radius 3 is 1.71 bits per heavy atom. The second kappa shape index (κ2) is 10.8. The summed E-state index contributed by atoms with van der Waals surface area (Å²) in [5.41, 5.74) is 15.0. The van der Waals surface area contributed by atoms with Gasteiger partial charge in [-0.1, -0.05) is 133 Å². The summed E-state index contributed by atoms with van der Waals surface area (Å²) in [7, 11) is 0. The molecule has 254 valence electrons. The van der Waals surface area contributed by atoms with Crippen molar-refractivity contribution in [3.8, 4) is 44.8 Å². The van der Waals surface area contributed by atoms with Crippen LogP contribution in [0.3, 0.4) is 0 Å². The molecular weight excluding hydrogens is 685 g/mol. The van der Waals surface area contributed by atoms with E-state index in [1.165, 1.54) is 119 Å². The van der Waals surface area contributed by atoms with Gasteiger partial charge in [-0.2, -0.15) is 0 Å². The van der Waals surface area contributed by atoms with Crippen LogP contribution in [0.4, 0.5) is 0 Å². The molecule has 55 heavy (non-hydrogen) atoms. The molecule has 0 saturated carbocycles. The van der Waals surface area contributed by atoms with E-state index in [1.807, 2.05) is 11.3 Å². The van der Waals surface area contributed by atoms with E-state index in [4.69, 9.17) is 0 Å². The van der Waals surface area contributed by atoms with Gasteiger partial charge in [-0.05, 0) is 87.3 Å². The molecule has 3 heteroatoms. The Morgan fingerprint density at radius 2 is 0.873 bits per heavy atom. The van der Waals surface area contributed by atoms with Crippen LogP contribution in [0.5, 0.6) is 0 Å². The fraction of sp³-hybridized carbons (Fsp3) is 0. The highest BCUT2D eigenvalue weighted by Crippen LogP contribution is 2.49. The number of nitrogens with zero attached hydrogens (tertiary/aromatic N) is 2. The van der Waals surface area contributed by atoms with Gasteiger partial charge in [-0.3, -0.25) is 0 Å². The summed E-state index contributed by atoms with van der Waals surface area (Å²) in [5.74, 6) is 0. The molecule has 1 aliphatic rings. The van der Waals surface area contributed by atoms with E-state index in [1.54, 1.807) is 0 Å². The van der Waals surface area contributed by atoms with Crippen LogP contribution in [0.2, 0.25) is 0 Å². The molecule has 0 bridgehead atoms. The van der Waals surface area contributed by atoms with Gasteiger partial charge in [0.25, 0.3) is 0 Å². The molecule has 3 aromatic heterocycles. The van der Waals surface area contributed by atoms with E-state index in [0.717, 1.165) is 0 Å². The second-order valence-electron chi connectivity index (χ2n) is 14.8. The van der Waals surface area contributed by atoms with Crippen LogP contribution in [0.15, 0.2) is 182 Å². The minimum absolute atomic E-state index is 1.21. The van der Waals surface area contributed by atoms with Crippen molar-refractivity contribution in [3.05, 3.63) is 182 Å². The van der Waals surface area contributed by atoms with Crippen LogP contribution in [0.25, 0.3) is 119 Å². The molecular formula is C52H30N2S. The maximum absolute atomic E-state index is 2.50. The molecule has 0 atom stereocenters.